The molecule has 0 aliphatic heterocycles. The molecule has 3 N–H and O–H groups in total. The molecule has 0 aliphatic rings. The van der Waals surface area contributed by atoms with Gasteiger partial charge in [0.15, 0.2) is 17.2 Å². The van der Waals surface area contributed by atoms with Gasteiger partial charge in [-0.15, -0.1) is 0 Å². The Hall–Kier alpha value is -2.69. The van der Waals surface area contributed by atoms with Crippen molar-refractivity contribution < 1.29 is 24.9 Å². The maximum absolute atomic E-state index is 11.9. The molecule has 0 fully saturated rings. The molecule has 0 aliphatic carbocycles. The van der Waals surface area contributed by atoms with Gasteiger partial charge in [-0.3, -0.25) is 0 Å². The third-order valence-corrected chi connectivity index (χ3v) is 2.60. The van der Waals surface area contributed by atoms with Crippen LogP contribution in [0.25, 0.3) is 0 Å². The molecule has 2 rings (SSSR count). The first-order valence-electron chi connectivity index (χ1n) is 5.52. The molecule has 0 amide bonds. The molecule has 0 aromatic heterocycles. The summed E-state index contributed by atoms with van der Waals surface area (Å²) in [5.41, 5.74) is 0.721. The third-order valence-electron chi connectivity index (χ3n) is 2.60. The fourth-order valence-electron chi connectivity index (χ4n) is 1.55. The Labute approximate surface area is 109 Å². The van der Waals surface area contributed by atoms with Crippen LogP contribution in [0.1, 0.15) is 15.9 Å². The zero-order chi connectivity index (χ0) is 14.0. The van der Waals surface area contributed by atoms with Crippen LogP contribution < -0.4 is 4.74 Å². The number of para-hydroxylation sites is 1. The summed E-state index contributed by atoms with van der Waals surface area (Å²) < 4.78 is 5.14. The first-order valence-corrected chi connectivity index (χ1v) is 5.52. The third kappa shape index (κ3) is 2.60. The molecule has 0 bridgehead atoms. The minimum absolute atomic E-state index is 0.0592. The fourth-order valence-corrected chi connectivity index (χ4v) is 1.55. The number of rotatable bonds is 2. The van der Waals surface area contributed by atoms with E-state index in [0.717, 1.165) is 17.7 Å². The van der Waals surface area contributed by atoms with E-state index in [1.54, 1.807) is 25.1 Å². The van der Waals surface area contributed by atoms with Gasteiger partial charge in [-0.2, -0.15) is 0 Å². The van der Waals surface area contributed by atoms with Gasteiger partial charge in [0.2, 0.25) is 0 Å². The second-order valence-electron chi connectivity index (χ2n) is 4.02. The number of carbonyl (C=O) groups excluding carboxylic acids is 1. The number of phenolic OH excluding ortho intramolecular Hbond substituents is 3. The van der Waals surface area contributed by atoms with Crippen LogP contribution in [0.4, 0.5) is 0 Å². The molecule has 0 radical (unpaired) electrons. The largest absolute Gasteiger partial charge is 0.504 e. The van der Waals surface area contributed by atoms with E-state index in [-0.39, 0.29) is 5.56 Å². The Balaban J connectivity index is 2.28. The minimum Gasteiger partial charge on any atom is -0.504 e. The lowest BCUT2D eigenvalue weighted by Crippen LogP contribution is -2.09. The van der Waals surface area contributed by atoms with Crippen molar-refractivity contribution in [3.63, 3.8) is 0 Å². The van der Waals surface area contributed by atoms with E-state index in [1.165, 1.54) is 0 Å². The van der Waals surface area contributed by atoms with Crippen LogP contribution in [0.5, 0.6) is 23.0 Å². The summed E-state index contributed by atoms with van der Waals surface area (Å²) in [4.78, 5) is 11.9. The smallest absolute Gasteiger partial charge is 0.343 e. The van der Waals surface area contributed by atoms with Gasteiger partial charge in [0.1, 0.15) is 5.75 Å². The average molecular weight is 260 g/mol. The van der Waals surface area contributed by atoms with Crippen molar-refractivity contribution >= 4 is 5.97 Å². The van der Waals surface area contributed by atoms with Crippen molar-refractivity contribution in [2.24, 2.45) is 0 Å². The number of carbonyl (C=O) groups is 1. The topological polar surface area (TPSA) is 87.0 Å². The van der Waals surface area contributed by atoms with E-state index in [2.05, 4.69) is 0 Å². The number of benzene rings is 2. The maximum atomic E-state index is 11.9. The van der Waals surface area contributed by atoms with Crippen LogP contribution in [0.15, 0.2) is 36.4 Å². The molecule has 0 spiro atoms. The summed E-state index contributed by atoms with van der Waals surface area (Å²) in [5, 5.41) is 27.9. The standard InChI is InChI=1S/C14H12O5/c1-8-4-2-3-5-12(8)19-14(18)9-6-10(15)13(17)11(16)7-9/h2-7,15-17H,1H3. The summed E-state index contributed by atoms with van der Waals surface area (Å²) in [6.45, 7) is 1.79. The summed E-state index contributed by atoms with van der Waals surface area (Å²) in [5.74, 6) is -2.19. The summed E-state index contributed by atoms with van der Waals surface area (Å²) in [6.07, 6.45) is 0. The highest BCUT2D eigenvalue weighted by atomic mass is 16.5. The van der Waals surface area contributed by atoms with Gasteiger partial charge in [0, 0.05) is 0 Å². The Morgan fingerprint density at radius 1 is 1.05 bits per heavy atom. The molecular weight excluding hydrogens is 248 g/mol. The van der Waals surface area contributed by atoms with Crippen molar-refractivity contribution in [3.05, 3.63) is 47.5 Å². The van der Waals surface area contributed by atoms with Gasteiger partial charge in [0.05, 0.1) is 5.56 Å². The number of hydrogen-bond acceptors (Lipinski definition) is 5. The van der Waals surface area contributed by atoms with Crippen molar-refractivity contribution in [2.45, 2.75) is 6.92 Å². The molecule has 0 saturated carbocycles. The van der Waals surface area contributed by atoms with Crippen molar-refractivity contribution in [2.75, 3.05) is 0 Å². The maximum Gasteiger partial charge on any atom is 0.343 e. The molecular formula is C14H12O5. The second kappa shape index (κ2) is 4.89. The van der Waals surface area contributed by atoms with Crippen molar-refractivity contribution in [1.82, 2.24) is 0 Å². The van der Waals surface area contributed by atoms with E-state index in [0.29, 0.717) is 5.75 Å². The highest BCUT2D eigenvalue weighted by Gasteiger charge is 2.15. The van der Waals surface area contributed by atoms with E-state index in [1.807, 2.05) is 6.07 Å². The van der Waals surface area contributed by atoms with Crippen LogP contribution in [0, 0.1) is 6.92 Å². The Morgan fingerprint density at radius 2 is 1.63 bits per heavy atom. The molecule has 2 aromatic carbocycles. The monoisotopic (exact) mass is 260 g/mol. The predicted octanol–water partition coefficient (Wildman–Crippen LogP) is 2.33. The molecule has 0 heterocycles. The SMILES string of the molecule is Cc1ccccc1OC(=O)c1cc(O)c(O)c(O)c1. The highest BCUT2D eigenvalue weighted by molar-refractivity contribution is 5.92. The normalized spacial score (nSPS) is 10.2. The molecule has 98 valence electrons. The summed E-state index contributed by atoms with van der Waals surface area (Å²) in [7, 11) is 0. The first kappa shape index (κ1) is 12.8. The van der Waals surface area contributed by atoms with Gasteiger partial charge < -0.3 is 20.1 Å². The van der Waals surface area contributed by atoms with Crippen molar-refractivity contribution in [1.29, 1.82) is 0 Å². The Kier molecular flexibility index (Phi) is 3.29. The lowest BCUT2D eigenvalue weighted by molar-refractivity contribution is 0.0732. The second-order valence-corrected chi connectivity index (χ2v) is 4.02. The van der Waals surface area contributed by atoms with Gasteiger partial charge in [0.25, 0.3) is 0 Å². The van der Waals surface area contributed by atoms with Crippen LogP contribution in [0.2, 0.25) is 0 Å². The van der Waals surface area contributed by atoms with Crippen molar-refractivity contribution in [3.8, 4) is 23.0 Å². The fraction of sp³-hybridized carbons (Fsp3) is 0.0714. The zero-order valence-electron chi connectivity index (χ0n) is 10.1. The minimum atomic E-state index is -0.736. The van der Waals surface area contributed by atoms with Gasteiger partial charge in [-0.05, 0) is 30.7 Å². The molecule has 5 nitrogen and oxygen atoms in total. The molecule has 0 atom stereocenters. The van der Waals surface area contributed by atoms with E-state index < -0.39 is 23.2 Å². The van der Waals surface area contributed by atoms with Gasteiger partial charge in [-0.1, -0.05) is 18.2 Å². The van der Waals surface area contributed by atoms with Crippen LogP contribution >= 0.6 is 0 Å². The first-order chi connectivity index (χ1) is 8.99. The quantitative estimate of drug-likeness (QED) is 0.438. The zero-order valence-corrected chi connectivity index (χ0v) is 10.1. The lowest BCUT2D eigenvalue weighted by Gasteiger charge is -2.08. The van der Waals surface area contributed by atoms with Crippen LogP contribution in [-0.4, -0.2) is 21.3 Å². The number of aryl methyl sites for hydroxylation is 1. The molecule has 0 saturated heterocycles. The number of esters is 1. The Bertz CT molecular complexity index is 610. The summed E-state index contributed by atoms with van der Waals surface area (Å²) >= 11 is 0. The molecule has 0 unspecified atom stereocenters. The molecule has 19 heavy (non-hydrogen) atoms. The number of aromatic hydroxyl groups is 3. The molecule has 5 heteroatoms. The number of phenols is 3. The summed E-state index contributed by atoms with van der Waals surface area (Å²) in [6, 6.07) is 9.00. The molecule has 2 aromatic rings. The lowest BCUT2D eigenvalue weighted by atomic mass is 10.2. The highest BCUT2D eigenvalue weighted by Crippen LogP contribution is 2.35. The van der Waals surface area contributed by atoms with Crippen LogP contribution in [-0.2, 0) is 0 Å². The van der Waals surface area contributed by atoms with Gasteiger partial charge in [-0.25, -0.2) is 4.79 Å². The van der Waals surface area contributed by atoms with Crippen LogP contribution in [0.3, 0.4) is 0 Å². The average Bonchev–Trinajstić information content (AvgIpc) is 2.38. The van der Waals surface area contributed by atoms with E-state index in [9.17, 15) is 20.1 Å². The number of ether oxygens (including phenoxy) is 1. The van der Waals surface area contributed by atoms with E-state index >= 15 is 0 Å². The van der Waals surface area contributed by atoms with E-state index in [4.69, 9.17) is 4.74 Å². The Morgan fingerprint density at radius 3 is 2.21 bits per heavy atom. The number of hydrogen-bond donors (Lipinski definition) is 3. The van der Waals surface area contributed by atoms with Gasteiger partial charge >= 0.3 is 5.97 Å². The predicted molar refractivity (Wildman–Crippen MR) is 67.6 cm³/mol.